The average molecular weight is 452 g/mol. The van der Waals surface area contributed by atoms with Gasteiger partial charge in [-0.1, -0.05) is 6.07 Å². The van der Waals surface area contributed by atoms with Crippen LogP contribution in [0.4, 0.5) is 5.82 Å². The van der Waals surface area contributed by atoms with E-state index in [0.717, 1.165) is 11.4 Å². The van der Waals surface area contributed by atoms with E-state index in [-0.39, 0.29) is 0 Å². The summed E-state index contributed by atoms with van der Waals surface area (Å²) in [7, 11) is -3.43. The number of nitrogens with zero attached hydrogens (tertiary/aromatic N) is 6. The first-order valence-corrected chi connectivity index (χ1v) is 11.9. The van der Waals surface area contributed by atoms with Crippen molar-refractivity contribution in [3.63, 3.8) is 0 Å². The van der Waals surface area contributed by atoms with E-state index in [9.17, 15) is 13.7 Å². The first-order chi connectivity index (χ1) is 15.1. The summed E-state index contributed by atoms with van der Waals surface area (Å²) in [5.41, 5.74) is 2.52. The molecule has 5 rings (SSSR count). The van der Waals surface area contributed by atoms with E-state index in [1.807, 2.05) is 12.1 Å². The van der Waals surface area contributed by atoms with Crippen molar-refractivity contribution in [1.82, 2.24) is 24.2 Å². The Labute approximate surface area is 182 Å². The van der Waals surface area contributed by atoms with Gasteiger partial charge in [0.2, 0.25) is 0 Å². The van der Waals surface area contributed by atoms with Crippen molar-refractivity contribution >= 4 is 38.2 Å². The number of hydrogen-bond donors (Lipinski definition) is 1. The van der Waals surface area contributed by atoms with Gasteiger partial charge in [-0.05, 0) is 23.6 Å². The lowest BCUT2D eigenvalue weighted by atomic mass is 10.1. The van der Waals surface area contributed by atoms with Crippen LogP contribution in [-0.4, -0.2) is 58.8 Å². The Morgan fingerprint density at radius 3 is 2.61 bits per heavy atom. The second kappa shape index (κ2) is 7.73. The maximum atomic E-state index is 12.7. The third-order valence-corrected chi connectivity index (χ3v) is 8.54. The van der Waals surface area contributed by atoms with Gasteiger partial charge < -0.3 is 9.88 Å². The third-order valence-electron chi connectivity index (χ3n) is 5.26. The molecule has 0 aromatic carbocycles. The lowest BCUT2D eigenvalue weighted by Gasteiger charge is -2.34. The number of hydrogen-bond acceptors (Lipinski definition) is 8. The van der Waals surface area contributed by atoms with Crippen molar-refractivity contribution < 1.29 is 8.42 Å². The van der Waals surface area contributed by atoms with Crippen molar-refractivity contribution in [2.75, 3.05) is 31.1 Å². The SMILES string of the molecule is N#Cc1c[nH]c2ncnc(-c3ccc(N4CCN(S(=O)(=O)c5cccs5)CC4)nc3)c12. The first kappa shape index (κ1) is 19.6. The Bertz CT molecular complexity index is 1370. The fraction of sp³-hybridized carbons (Fsp3) is 0.200. The number of pyridine rings is 1. The molecule has 0 saturated carbocycles. The highest BCUT2D eigenvalue weighted by Gasteiger charge is 2.29. The fourth-order valence-corrected chi connectivity index (χ4v) is 6.24. The molecule has 9 nitrogen and oxygen atoms in total. The van der Waals surface area contributed by atoms with E-state index in [0.29, 0.717) is 52.7 Å². The van der Waals surface area contributed by atoms with Crippen molar-refractivity contribution in [3.05, 3.63) is 53.9 Å². The Balaban J connectivity index is 1.34. The van der Waals surface area contributed by atoms with Gasteiger partial charge in [-0.2, -0.15) is 9.57 Å². The third kappa shape index (κ3) is 3.44. The Kier molecular flexibility index (Phi) is 4.90. The van der Waals surface area contributed by atoms with Crippen LogP contribution in [0.1, 0.15) is 5.56 Å². The summed E-state index contributed by atoms with van der Waals surface area (Å²) in [6.07, 6.45) is 4.80. The highest BCUT2D eigenvalue weighted by atomic mass is 32.2. The molecule has 5 heterocycles. The molecule has 0 unspecified atom stereocenters. The van der Waals surface area contributed by atoms with Crippen molar-refractivity contribution in [3.8, 4) is 17.3 Å². The fourth-order valence-electron chi connectivity index (χ4n) is 3.68. The minimum absolute atomic E-state index is 0.376. The maximum Gasteiger partial charge on any atom is 0.252 e. The van der Waals surface area contributed by atoms with Crippen molar-refractivity contribution in [2.24, 2.45) is 0 Å². The molecule has 0 atom stereocenters. The Hall–Kier alpha value is -3.33. The smallest absolute Gasteiger partial charge is 0.252 e. The number of sulfonamides is 1. The van der Waals surface area contributed by atoms with Crippen LogP contribution in [-0.2, 0) is 10.0 Å². The van der Waals surface area contributed by atoms with E-state index in [2.05, 4.69) is 30.9 Å². The predicted octanol–water partition coefficient (Wildman–Crippen LogP) is 2.46. The zero-order chi connectivity index (χ0) is 21.4. The Morgan fingerprint density at radius 2 is 1.94 bits per heavy atom. The molecule has 1 aliphatic rings. The summed E-state index contributed by atoms with van der Waals surface area (Å²) < 4.78 is 27.3. The number of aromatic amines is 1. The number of rotatable bonds is 4. The predicted molar refractivity (Wildman–Crippen MR) is 117 cm³/mol. The van der Waals surface area contributed by atoms with E-state index in [1.165, 1.54) is 22.0 Å². The van der Waals surface area contributed by atoms with Gasteiger partial charge in [0, 0.05) is 44.1 Å². The van der Waals surface area contributed by atoms with Crippen LogP contribution in [0.2, 0.25) is 0 Å². The number of anilines is 1. The molecule has 1 N–H and O–H groups in total. The topological polar surface area (TPSA) is 119 Å². The number of nitriles is 1. The van der Waals surface area contributed by atoms with Crippen LogP contribution >= 0.6 is 11.3 Å². The lowest BCUT2D eigenvalue weighted by Crippen LogP contribution is -2.48. The molecule has 0 spiro atoms. The highest BCUT2D eigenvalue weighted by Crippen LogP contribution is 2.29. The van der Waals surface area contributed by atoms with Gasteiger partial charge in [-0.15, -0.1) is 11.3 Å². The van der Waals surface area contributed by atoms with E-state index in [4.69, 9.17) is 0 Å². The van der Waals surface area contributed by atoms with Crippen LogP contribution < -0.4 is 4.90 Å². The summed E-state index contributed by atoms with van der Waals surface area (Å²) in [4.78, 5) is 18.1. The van der Waals surface area contributed by atoms with Gasteiger partial charge in [-0.3, -0.25) is 0 Å². The minimum Gasteiger partial charge on any atom is -0.354 e. The van der Waals surface area contributed by atoms with Gasteiger partial charge in [0.15, 0.2) is 0 Å². The molecule has 4 aromatic heterocycles. The summed E-state index contributed by atoms with van der Waals surface area (Å²) in [6, 6.07) is 9.35. The molecule has 31 heavy (non-hydrogen) atoms. The summed E-state index contributed by atoms with van der Waals surface area (Å²) >= 11 is 1.24. The normalized spacial score (nSPS) is 15.3. The maximum absolute atomic E-state index is 12.7. The molecule has 0 amide bonds. The summed E-state index contributed by atoms with van der Waals surface area (Å²) in [5, 5.41) is 11.8. The summed E-state index contributed by atoms with van der Waals surface area (Å²) in [6.45, 7) is 1.94. The molecule has 11 heteroatoms. The molecule has 0 radical (unpaired) electrons. The second-order valence-corrected chi connectivity index (χ2v) is 10.1. The highest BCUT2D eigenvalue weighted by molar-refractivity contribution is 7.91. The van der Waals surface area contributed by atoms with E-state index in [1.54, 1.807) is 29.9 Å². The number of piperazine rings is 1. The van der Waals surface area contributed by atoms with E-state index < -0.39 is 10.0 Å². The number of nitrogens with one attached hydrogen (secondary N) is 1. The van der Waals surface area contributed by atoms with Crippen LogP contribution in [0, 0.1) is 11.3 Å². The quantitative estimate of drug-likeness (QED) is 0.506. The molecule has 1 saturated heterocycles. The molecule has 1 aliphatic heterocycles. The van der Waals surface area contributed by atoms with Crippen LogP contribution in [0.3, 0.4) is 0 Å². The number of aromatic nitrogens is 4. The average Bonchev–Trinajstić information content (AvgIpc) is 3.50. The zero-order valence-corrected chi connectivity index (χ0v) is 17.9. The van der Waals surface area contributed by atoms with Gasteiger partial charge >= 0.3 is 0 Å². The molecular weight excluding hydrogens is 434 g/mol. The number of thiophene rings is 1. The molecular formula is C20H17N7O2S2. The minimum atomic E-state index is -3.43. The van der Waals surface area contributed by atoms with E-state index >= 15 is 0 Å². The van der Waals surface area contributed by atoms with Crippen LogP contribution in [0.25, 0.3) is 22.3 Å². The summed E-state index contributed by atoms with van der Waals surface area (Å²) in [5.74, 6) is 0.775. The molecule has 4 aromatic rings. The lowest BCUT2D eigenvalue weighted by molar-refractivity contribution is 0.385. The van der Waals surface area contributed by atoms with Gasteiger partial charge in [0.25, 0.3) is 10.0 Å². The number of fused-ring (bicyclic) bond motifs is 1. The largest absolute Gasteiger partial charge is 0.354 e. The van der Waals surface area contributed by atoms with Crippen LogP contribution in [0.15, 0.2) is 52.6 Å². The van der Waals surface area contributed by atoms with Gasteiger partial charge in [0.05, 0.1) is 16.6 Å². The standard InChI is InChI=1S/C20H17N7O2S2/c21-10-15-12-23-20-18(15)19(24-13-25-20)14-3-4-16(22-11-14)26-5-7-27(8-6-26)31(28,29)17-2-1-9-30-17/h1-4,9,11-13H,5-8H2,(H,23,24,25). The first-order valence-electron chi connectivity index (χ1n) is 9.55. The van der Waals surface area contributed by atoms with Gasteiger partial charge in [0.1, 0.15) is 28.1 Å². The van der Waals surface area contributed by atoms with Crippen LogP contribution in [0.5, 0.6) is 0 Å². The molecule has 0 aliphatic carbocycles. The van der Waals surface area contributed by atoms with Gasteiger partial charge in [-0.25, -0.2) is 23.4 Å². The molecule has 0 bridgehead atoms. The number of H-pyrrole nitrogens is 1. The van der Waals surface area contributed by atoms with Crippen molar-refractivity contribution in [2.45, 2.75) is 4.21 Å². The van der Waals surface area contributed by atoms with Crippen molar-refractivity contribution in [1.29, 1.82) is 5.26 Å². The molecule has 156 valence electrons. The molecule has 1 fully saturated rings. The second-order valence-electron chi connectivity index (χ2n) is 6.99. The monoisotopic (exact) mass is 451 g/mol. The zero-order valence-electron chi connectivity index (χ0n) is 16.3. The Morgan fingerprint density at radius 1 is 1.10 bits per heavy atom.